The molecule has 0 saturated carbocycles. The summed E-state index contributed by atoms with van der Waals surface area (Å²) in [7, 11) is 1.58. The zero-order valence-corrected chi connectivity index (χ0v) is 10.8. The van der Waals surface area contributed by atoms with Crippen molar-refractivity contribution in [3.63, 3.8) is 0 Å². The number of nitrogens with one attached hydrogen (secondary N) is 1. The predicted octanol–water partition coefficient (Wildman–Crippen LogP) is 1.47. The summed E-state index contributed by atoms with van der Waals surface area (Å²) in [5.74, 6) is -0.0461. The SMILES string of the molecule is COCC(C)(C)NC(=O)c1cc(N)nc(Cl)c1. The molecule has 0 unspecified atom stereocenters. The lowest BCUT2D eigenvalue weighted by Gasteiger charge is -2.25. The van der Waals surface area contributed by atoms with Crippen molar-refractivity contribution in [2.24, 2.45) is 0 Å². The molecule has 1 aromatic heterocycles. The van der Waals surface area contributed by atoms with E-state index in [2.05, 4.69) is 10.3 Å². The van der Waals surface area contributed by atoms with Gasteiger partial charge in [0.15, 0.2) is 0 Å². The maximum absolute atomic E-state index is 11.9. The molecule has 94 valence electrons. The standard InChI is InChI=1S/C11H16ClN3O2/c1-11(2,6-17-3)15-10(16)7-4-8(12)14-9(13)5-7/h4-5H,6H2,1-3H3,(H2,13,14)(H,15,16). The van der Waals surface area contributed by atoms with Gasteiger partial charge in [0.2, 0.25) is 0 Å². The second-order valence-electron chi connectivity index (χ2n) is 4.37. The van der Waals surface area contributed by atoms with Crippen LogP contribution in [-0.4, -0.2) is 30.1 Å². The van der Waals surface area contributed by atoms with Gasteiger partial charge in [0, 0.05) is 12.7 Å². The van der Waals surface area contributed by atoms with Crippen molar-refractivity contribution in [1.82, 2.24) is 10.3 Å². The van der Waals surface area contributed by atoms with Crippen molar-refractivity contribution < 1.29 is 9.53 Å². The number of carbonyl (C=O) groups excluding carboxylic acids is 1. The fourth-order valence-electron chi connectivity index (χ4n) is 1.42. The van der Waals surface area contributed by atoms with Gasteiger partial charge < -0.3 is 15.8 Å². The predicted molar refractivity (Wildman–Crippen MR) is 67.1 cm³/mol. The van der Waals surface area contributed by atoms with Crippen molar-refractivity contribution in [1.29, 1.82) is 0 Å². The van der Waals surface area contributed by atoms with Gasteiger partial charge in [0.25, 0.3) is 5.91 Å². The fraction of sp³-hybridized carbons (Fsp3) is 0.455. The molecule has 3 N–H and O–H groups in total. The monoisotopic (exact) mass is 257 g/mol. The van der Waals surface area contributed by atoms with Crippen molar-refractivity contribution in [3.8, 4) is 0 Å². The van der Waals surface area contributed by atoms with Crippen LogP contribution in [0, 0.1) is 0 Å². The van der Waals surface area contributed by atoms with E-state index in [0.717, 1.165) is 0 Å². The zero-order chi connectivity index (χ0) is 13.1. The van der Waals surface area contributed by atoms with Gasteiger partial charge in [-0.3, -0.25) is 4.79 Å². The van der Waals surface area contributed by atoms with Crippen LogP contribution in [0.1, 0.15) is 24.2 Å². The third kappa shape index (κ3) is 4.20. The Bertz CT molecular complexity index is 401. The van der Waals surface area contributed by atoms with E-state index in [1.807, 2.05) is 13.8 Å². The van der Waals surface area contributed by atoms with Crippen molar-refractivity contribution in [2.45, 2.75) is 19.4 Å². The number of methoxy groups -OCH3 is 1. The van der Waals surface area contributed by atoms with Crippen LogP contribution >= 0.6 is 11.6 Å². The van der Waals surface area contributed by atoms with Crippen molar-refractivity contribution >= 4 is 23.3 Å². The van der Waals surface area contributed by atoms with Crippen LogP contribution in [0.4, 0.5) is 5.82 Å². The quantitative estimate of drug-likeness (QED) is 0.801. The molecule has 0 aliphatic heterocycles. The van der Waals surface area contributed by atoms with E-state index in [-0.39, 0.29) is 16.9 Å². The second-order valence-corrected chi connectivity index (χ2v) is 4.76. The summed E-state index contributed by atoms with van der Waals surface area (Å²) >= 11 is 5.73. The van der Waals surface area contributed by atoms with Crippen LogP contribution in [0.3, 0.4) is 0 Å². The van der Waals surface area contributed by atoms with Gasteiger partial charge in [0.1, 0.15) is 11.0 Å². The van der Waals surface area contributed by atoms with Gasteiger partial charge in [-0.05, 0) is 26.0 Å². The summed E-state index contributed by atoms with van der Waals surface area (Å²) in [6, 6.07) is 2.94. The lowest BCUT2D eigenvalue weighted by atomic mass is 10.1. The highest BCUT2D eigenvalue weighted by molar-refractivity contribution is 6.29. The van der Waals surface area contributed by atoms with Gasteiger partial charge >= 0.3 is 0 Å². The van der Waals surface area contributed by atoms with E-state index in [9.17, 15) is 4.79 Å². The van der Waals surface area contributed by atoms with Crippen LogP contribution in [-0.2, 0) is 4.74 Å². The molecule has 17 heavy (non-hydrogen) atoms. The van der Waals surface area contributed by atoms with Crippen LogP contribution in [0.2, 0.25) is 5.15 Å². The Balaban J connectivity index is 2.83. The number of pyridine rings is 1. The molecule has 1 heterocycles. The number of hydrogen-bond acceptors (Lipinski definition) is 4. The molecule has 0 atom stereocenters. The normalized spacial score (nSPS) is 11.3. The number of nitrogens with two attached hydrogens (primary N) is 1. The Labute approximate surface area is 105 Å². The Morgan fingerprint density at radius 3 is 2.76 bits per heavy atom. The summed E-state index contributed by atoms with van der Waals surface area (Å²) < 4.78 is 5.01. The van der Waals surface area contributed by atoms with E-state index in [0.29, 0.717) is 12.2 Å². The number of rotatable bonds is 4. The molecular formula is C11H16ClN3O2. The minimum atomic E-state index is -0.462. The van der Waals surface area contributed by atoms with E-state index in [1.54, 1.807) is 7.11 Å². The summed E-state index contributed by atoms with van der Waals surface area (Å²) in [4.78, 5) is 15.7. The molecule has 0 spiro atoms. The van der Waals surface area contributed by atoms with Crippen LogP contribution < -0.4 is 11.1 Å². The van der Waals surface area contributed by atoms with Gasteiger partial charge in [0.05, 0.1) is 12.1 Å². The minimum Gasteiger partial charge on any atom is -0.384 e. The van der Waals surface area contributed by atoms with E-state index >= 15 is 0 Å². The lowest BCUT2D eigenvalue weighted by Crippen LogP contribution is -2.46. The molecule has 6 heteroatoms. The second kappa shape index (κ2) is 5.33. The Morgan fingerprint density at radius 2 is 2.24 bits per heavy atom. The number of anilines is 1. The summed E-state index contributed by atoms with van der Waals surface area (Å²) in [5.41, 5.74) is 5.44. The highest BCUT2D eigenvalue weighted by atomic mass is 35.5. The average molecular weight is 258 g/mol. The first-order chi connectivity index (χ1) is 7.84. The number of ether oxygens (including phenoxy) is 1. The maximum Gasteiger partial charge on any atom is 0.252 e. The average Bonchev–Trinajstić information content (AvgIpc) is 2.14. The highest BCUT2D eigenvalue weighted by Gasteiger charge is 2.21. The molecular weight excluding hydrogens is 242 g/mol. The molecule has 0 radical (unpaired) electrons. The first-order valence-electron chi connectivity index (χ1n) is 5.08. The van der Waals surface area contributed by atoms with Gasteiger partial charge in [-0.1, -0.05) is 11.6 Å². The number of amides is 1. The summed E-state index contributed by atoms with van der Waals surface area (Å²) in [6.45, 7) is 4.13. The molecule has 1 rings (SSSR count). The van der Waals surface area contributed by atoms with Gasteiger partial charge in [-0.25, -0.2) is 4.98 Å². The molecule has 0 aliphatic carbocycles. The zero-order valence-electron chi connectivity index (χ0n) is 10.1. The number of halogens is 1. The number of carbonyl (C=O) groups is 1. The smallest absolute Gasteiger partial charge is 0.252 e. The fourth-order valence-corrected chi connectivity index (χ4v) is 1.64. The molecule has 5 nitrogen and oxygen atoms in total. The van der Waals surface area contributed by atoms with Crippen LogP contribution in [0.25, 0.3) is 0 Å². The Hall–Kier alpha value is -1.33. The largest absolute Gasteiger partial charge is 0.384 e. The Kier molecular flexibility index (Phi) is 4.31. The first kappa shape index (κ1) is 13.7. The number of aromatic nitrogens is 1. The summed E-state index contributed by atoms with van der Waals surface area (Å²) in [6.07, 6.45) is 0. The minimum absolute atomic E-state index is 0.194. The number of nitrogens with zero attached hydrogens (tertiary/aromatic N) is 1. The lowest BCUT2D eigenvalue weighted by molar-refractivity contribution is 0.0820. The number of hydrogen-bond donors (Lipinski definition) is 2. The molecule has 0 aliphatic rings. The van der Waals surface area contributed by atoms with E-state index in [4.69, 9.17) is 22.1 Å². The summed E-state index contributed by atoms with van der Waals surface area (Å²) in [5, 5.41) is 3.02. The highest BCUT2D eigenvalue weighted by Crippen LogP contribution is 2.13. The molecule has 1 amide bonds. The molecule has 1 aromatic rings. The van der Waals surface area contributed by atoms with Gasteiger partial charge in [-0.15, -0.1) is 0 Å². The van der Waals surface area contributed by atoms with Crippen molar-refractivity contribution in [3.05, 3.63) is 22.8 Å². The van der Waals surface area contributed by atoms with Crippen LogP contribution in [0.5, 0.6) is 0 Å². The third-order valence-corrected chi connectivity index (χ3v) is 2.23. The van der Waals surface area contributed by atoms with Gasteiger partial charge in [-0.2, -0.15) is 0 Å². The first-order valence-corrected chi connectivity index (χ1v) is 5.46. The topological polar surface area (TPSA) is 77.2 Å². The molecule has 0 bridgehead atoms. The molecule has 0 fully saturated rings. The molecule has 0 aromatic carbocycles. The van der Waals surface area contributed by atoms with E-state index < -0.39 is 5.54 Å². The molecule has 0 saturated heterocycles. The third-order valence-electron chi connectivity index (χ3n) is 2.03. The van der Waals surface area contributed by atoms with Crippen LogP contribution in [0.15, 0.2) is 12.1 Å². The van der Waals surface area contributed by atoms with Crippen molar-refractivity contribution in [2.75, 3.05) is 19.5 Å². The van der Waals surface area contributed by atoms with E-state index in [1.165, 1.54) is 12.1 Å². The Morgan fingerprint density at radius 1 is 1.59 bits per heavy atom. The maximum atomic E-state index is 11.9. The number of nitrogen functional groups attached to an aromatic ring is 1.